The summed E-state index contributed by atoms with van der Waals surface area (Å²) in [6.07, 6.45) is 2.06. The summed E-state index contributed by atoms with van der Waals surface area (Å²) in [6, 6.07) is 14.1. The van der Waals surface area contributed by atoms with Crippen LogP contribution >= 0.6 is 0 Å². The van der Waals surface area contributed by atoms with Crippen LogP contribution in [0.4, 0.5) is 5.69 Å². The summed E-state index contributed by atoms with van der Waals surface area (Å²) < 4.78 is 8.26. The van der Waals surface area contributed by atoms with E-state index in [0.717, 1.165) is 33.2 Å². The molecule has 0 atom stereocenters. The lowest BCUT2D eigenvalue weighted by molar-refractivity contribution is -0.660. The van der Waals surface area contributed by atoms with Crippen LogP contribution in [0.15, 0.2) is 53.1 Å². The van der Waals surface area contributed by atoms with Crippen molar-refractivity contribution in [3.05, 3.63) is 71.2 Å². The quantitative estimate of drug-likeness (QED) is 0.347. The first-order valence-corrected chi connectivity index (χ1v) is 7.89. The Balaban J connectivity index is 2.21. The highest BCUT2D eigenvalue weighted by atomic mass is 16.3. The Kier molecular flexibility index (Phi) is 3.14. The van der Waals surface area contributed by atoms with Gasteiger partial charge in [-0.1, -0.05) is 18.2 Å². The minimum atomic E-state index is 0.600. The maximum Gasteiger partial charge on any atom is 0.213 e. The number of fused-ring (bicyclic) bond motifs is 3. The van der Waals surface area contributed by atoms with Crippen LogP contribution in [0.2, 0.25) is 0 Å². The second-order valence-corrected chi connectivity index (χ2v) is 6.18. The maximum absolute atomic E-state index is 7.21. The van der Waals surface area contributed by atoms with Crippen LogP contribution in [-0.4, -0.2) is 0 Å². The molecule has 0 amide bonds. The molecule has 0 unspecified atom stereocenters. The monoisotopic (exact) mass is 313 g/mol. The van der Waals surface area contributed by atoms with Crippen molar-refractivity contribution in [3.8, 4) is 11.3 Å². The SMILES string of the molecule is [C-]#[N+]c1ccc2c(c1)oc1c(C)cc(C)c(-c3cccc[n+]3C)c12. The molecule has 24 heavy (non-hydrogen) atoms. The van der Waals surface area contributed by atoms with Crippen LogP contribution in [-0.2, 0) is 7.05 Å². The van der Waals surface area contributed by atoms with Gasteiger partial charge in [-0.25, -0.2) is 9.41 Å². The Morgan fingerprint density at radius 3 is 2.62 bits per heavy atom. The van der Waals surface area contributed by atoms with Gasteiger partial charge in [-0.05, 0) is 37.1 Å². The molecule has 0 spiro atoms. The summed E-state index contributed by atoms with van der Waals surface area (Å²) in [5.41, 5.74) is 6.94. The first-order valence-electron chi connectivity index (χ1n) is 7.89. The lowest BCUT2D eigenvalue weighted by atomic mass is 9.95. The first kappa shape index (κ1) is 14.5. The lowest BCUT2D eigenvalue weighted by Gasteiger charge is -2.08. The first-order chi connectivity index (χ1) is 11.6. The van der Waals surface area contributed by atoms with Crippen molar-refractivity contribution in [1.82, 2.24) is 0 Å². The second-order valence-electron chi connectivity index (χ2n) is 6.18. The van der Waals surface area contributed by atoms with Gasteiger partial charge in [-0.15, -0.1) is 0 Å². The van der Waals surface area contributed by atoms with E-state index in [1.54, 1.807) is 0 Å². The van der Waals surface area contributed by atoms with E-state index in [1.807, 2.05) is 24.3 Å². The molecule has 0 radical (unpaired) electrons. The van der Waals surface area contributed by atoms with Gasteiger partial charge in [-0.2, -0.15) is 0 Å². The Hall–Kier alpha value is -3.12. The van der Waals surface area contributed by atoms with Crippen molar-refractivity contribution < 1.29 is 8.98 Å². The van der Waals surface area contributed by atoms with Crippen LogP contribution in [0.1, 0.15) is 11.1 Å². The highest BCUT2D eigenvalue weighted by Crippen LogP contribution is 2.40. The number of nitrogens with zero attached hydrogens (tertiary/aromatic N) is 2. The summed E-state index contributed by atoms with van der Waals surface area (Å²) in [5, 5.41) is 2.18. The molecule has 3 heteroatoms. The molecule has 0 aliphatic rings. The van der Waals surface area contributed by atoms with Gasteiger partial charge in [0.1, 0.15) is 18.2 Å². The molecule has 0 bridgehead atoms. The fourth-order valence-electron chi connectivity index (χ4n) is 3.45. The van der Waals surface area contributed by atoms with E-state index in [9.17, 15) is 0 Å². The van der Waals surface area contributed by atoms with Gasteiger partial charge in [-0.3, -0.25) is 0 Å². The van der Waals surface area contributed by atoms with Gasteiger partial charge in [0.05, 0.1) is 12.1 Å². The molecule has 0 fully saturated rings. The Morgan fingerprint density at radius 2 is 1.88 bits per heavy atom. The van der Waals surface area contributed by atoms with Gasteiger partial charge in [0.2, 0.25) is 5.69 Å². The van der Waals surface area contributed by atoms with E-state index >= 15 is 0 Å². The average Bonchev–Trinajstić information content (AvgIpc) is 2.95. The van der Waals surface area contributed by atoms with Gasteiger partial charge in [0, 0.05) is 22.9 Å². The maximum atomic E-state index is 7.21. The van der Waals surface area contributed by atoms with Gasteiger partial charge >= 0.3 is 0 Å². The minimum Gasteiger partial charge on any atom is -0.457 e. The molecule has 4 rings (SSSR count). The Bertz CT molecular complexity index is 1150. The third kappa shape index (κ3) is 2.00. The van der Waals surface area contributed by atoms with Crippen LogP contribution in [0, 0.1) is 20.4 Å². The number of hydrogen-bond acceptors (Lipinski definition) is 1. The number of benzene rings is 2. The van der Waals surface area contributed by atoms with E-state index in [4.69, 9.17) is 11.0 Å². The number of aromatic nitrogens is 1. The van der Waals surface area contributed by atoms with E-state index in [-0.39, 0.29) is 0 Å². The zero-order valence-corrected chi connectivity index (χ0v) is 13.9. The van der Waals surface area contributed by atoms with Crippen LogP contribution in [0.5, 0.6) is 0 Å². The second kappa shape index (κ2) is 5.21. The molecule has 116 valence electrons. The topological polar surface area (TPSA) is 21.4 Å². The highest BCUT2D eigenvalue weighted by Gasteiger charge is 2.21. The van der Waals surface area contributed by atoms with Gasteiger partial charge in [0.15, 0.2) is 11.9 Å². The molecule has 2 heterocycles. The molecule has 0 saturated heterocycles. The largest absolute Gasteiger partial charge is 0.457 e. The predicted octanol–water partition coefficient (Wildman–Crippen LogP) is 5.25. The molecule has 0 saturated carbocycles. The van der Waals surface area contributed by atoms with Crippen molar-refractivity contribution in [3.63, 3.8) is 0 Å². The molecule has 0 N–H and O–H groups in total. The van der Waals surface area contributed by atoms with Crippen molar-refractivity contribution in [2.75, 3.05) is 0 Å². The predicted molar refractivity (Wildman–Crippen MR) is 96.1 cm³/mol. The Labute approximate surface area is 140 Å². The summed E-state index contributed by atoms with van der Waals surface area (Å²) in [4.78, 5) is 3.51. The standard InChI is InChI=1S/C21H17N2O/c1-13-11-14(2)21-20(19(13)17-7-5-6-10-23(17)4)16-9-8-15(22-3)12-18(16)24-21/h5-12H,1-2,4H3/q+1. The summed E-state index contributed by atoms with van der Waals surface area (Å²) in [6.45, 7) is 11.4. The molecule has 2 aromatic heterocycles. The van der Waals surface area contributed by atoms with Crippen LogP contribution in [0.3, 0.4) is 0 Å². The number of furan rings is 1. The molecular formula is C21H17N2O+. The smallest absolute Gasteiger partial charge is 0.213 e. The van der Waals surface area contributed by atoms with Crippen molar-refractivity contribution in [1.29, 1.82) is 0 Å². The van der Waals surface area contributed by atoms with Crippen LogP contribution in [0.25, 0.3) is 38.0 Å². The van der Waals surface area contributed by atoms with Gasteiger partial charge < -0.3 is 4.42 Å². The summed E-state index contributed by atoms with van der Waals surface area (Å²) >= 11 is 0. The fraction of sp³-hybridized carbons (Fsp3) is 0.143. The van der Waals surface area contributed by atoms with E-state index in [2.05, 4.69) is 54.7 Å². The van der Waals surface area contributed by atoms with Crippen LogP contribution < -0.4 is 4.57 Å². The molecule has 0 aliphatic heterocycles. The number of aryl methyl sites for hydroxylation is 3. The molecular weight excluding hydrogens is 296 g/mol. The molecule has 2 aromatic carbocycles. The normalized spacial score (nSPS) is 11.1. The Morgan fingerprint density at radius 1 is 1.04 bits per heavy atom. The lowest BCUT2D eigenvalue weighted by Crippen LogP contribution is -2.30. The summed E-state index contributed by atoms with van der Waals surface area (Å²) in [5.74, 6) is 0. The van der Waals surface area contributed by atoms with Crippen molar-refractivity contribution >= 4 is 27.6 Å². The number of hydrogen-bond donors (Lipinski definition) is 0. The highest BCUT2D eigenvalue weighted by molar-refractivity contribution is 6.14. The third-order valence-corrected chi connectivity index (χ3v) is 4.55. The zero-order chi connectivity index (χ0) is 16.8. The fourth-order valence-corrected chi connectivity index (χ4v) is 3.45. The molecule has 0 aliphatic carbocycles. The zero-order valence-electron chi connectivity index (χ0n) is 13.9. The van der Waals surface area contributed by atoms with Crippen molar-refractivity contribution in [2.45, 2.75) is 13.8 Å². The average molecular weight is 313 g/mol. The number of rotatable bonds is 1. The summed E-state index contributed by atoms with van der Waals surface area (Å²) in [7, 11) is 2.06. The third-order valence-electron chi connectivity index (χ3n) is 4.55. The van der Waals surface area contributed by atoms with E-state index < -0.39 is 0 Å². The molecule has 3 nitrogen and oxygen atoms in total. The molecule has 4 aromatic rings. The van der Waals surface area contributed by atoms with Crippen molar-refractivity contribution in [2.24, 2.45) is 7.05 Å². The van der Waals surface area contributed by atoms with Gasteiger partial charge in [0.25, 0.3) is 0 Å². The minimum absolute atomic E-state index is 0.600. The van der Waals surface area contributed by atoms with E-state index in [1.165, 1.54) is 11.1 Å². The van der Waals surface area contributed by atoms with E-state index in [0.29, 0.717) is 5.69 Å². The number of pyridine rings is 1.